The summed E-state index contributed by atoms with van der Waals surface area (Å²) in [5.41, 5.74) is 1.60. The van der Waals surface area contributed by atoms with Crippen LogP contribution in [0.2, 0.25) is 0 Å². The molecule has 0 saturated carbocycles. The van der Waals surface area contributed by atoms with E-state index in [0.717, 1.165) is 5.56 Å². The van der Waals surface area contributed by atoms with Crippen LogP contribution >= 0.6 is 11.3 Å². The molecule has 1 atom stereocenters. The lowest BCUT2D eigenvalue weighted by atomic mass is 10.0. The molecule has 126 valence electrons. The predicted molar refractivity (Wildman–Crippen MR) is 93.3 cm³/mol. The minimum atomic E-state index is -0.143. The highest BCUT2D eigenvalue weighted by molar-refractivity contribution is 7.08. The second kappa shape index (κ2) is 7.05. The van der Waals surface area contributed by atoms with Crippen molar-refractivity contribution < 1.29 is 14.7 Å². The summed E-state index contributed by atoms with van der Waals surface area (Å²) in [7, 11) is 0. The van der Waals surface area contributed by atoms with E-state index in [4.69, 9.17) is 0 Å². The topological polar surface area (TPSA) is 60.9 Å². The van der Waals surface area contributed by atoms with E-state index in [2.05, 4.69) is 0 Å². The molecule has 1 saturated heterocycles. The van der Waals surface area contributed by atoms with Crippen molar-refractivity contribution in [3.63, 3.8) is 0 Å². The molecule has 6 heteroatoms. The average Bonchev–Trinajstić information content (AvgIpc) is 3.15. The van der Waals surface area contributed by atoms with Gasteiger partial charge < -0.3 is 14.9 Å². The van der Waals surface area contributed by atoms with Crippen LogP contribution in [0.4, 0.5) is 0 Å². The maximum absolute atomic E-state index is 12.6. The minimum Gasteiger partial charge on any atom is -0.508 e. The van der Waals surface area contributed by atoms with E-state index in [-0.39, 0.29) is 23.5 Å². The maximum Gasteiger partial charge on any atom is 0.253 e. The van der Waals surface area contributed by atoms with Crippen LogP contribution in [-0.4, -0.2) is 52.9 Å². The van der Waals surface area contributed by atoms with E-state index in [1.807, 2.05) is 28.7 Å². The number of hydrogen-bond donors (Lipinski definition) is 1. The van der Waals surface area contributed by atoms with Gasteiger partial charge >= 0.3 is 0 Å². The van der Waals surface area contributed by atoms with E-state index >= 15 is 0 Å². The third-order valence-corrected chi connectivity index (χ3v) is 5.11. The van der Waals surface area contributed by atoms with Crippen molar-refractivity contribution in [1.29, 1.82) is 0 Å². The number of piperazine rings is 1. The molecule has 1 aliphatic rings. The molecule has 1 aromatic carbocycles. The summed E-state index contributed by atoms with van der Waals surface area (Å²) in [5, 5.41) is 13.3. The van der Waals surface area contributed by atoms with Gasteiger partial charge in [0.05, 0.1) is 5.92 Å². The third kappa shape index (κ3) is 3.43. The first kappa shape index (κ1) is 16.5. The van der Waals surface area contributed by atoms with Crippen molar-refractivity contribution in [2.45, 2.75) is 12.8 Å². The second-order valence-electron chi connectivity index (χ2n) is 5.94. The van der Waals surface area contributed by atoms with E-state index in [9.17, 15) is 14.7 Å². The molecule has 0 radical (unpaired) electrons. The van der Waals surface area contributed by atoms with E-state index in [1.165, 1.54) is 12.1 Å². The molecule has 0 bridgehead atoms. The Kier molecular flexibility index (Phi) is 4.85. The molecule has 2 amide bonds. The van der Waals surface area contributed by atoms with Gasteiger partial charge in [-0.05, 0) is 53.6 Å². The van der Waals surface area contributed by atoms with Gasteiger partial charge in [-0.25, -0.2) is 0 Å². The molecule has 1 N–H and O–H groups in total. The van der Waals surface area contributed by atoms with Crippen LogP contribution in [0.5, 0.6) is 5.75 Å². The number of phenolic OH excluding ortho intramolecular Hbond substituents is 1. The highest BCUT2D eigenvalue weighted by Gasteiger charge is 2.28. The fourth-order valence-corrected chi connectivity index (χ4v) is 3.61. The summed E-state index contributed by atoms with van der Waals surface area (Å²) in [6.07, 6.45) is 0. The molecule has 5 nitrogen and oxygen atoms in total. The first-order valence-corrected chi connectivity index (χ1v) is 8.89. The largest absolute Gasteiger partial charge is 0.508 e. The number of phenols is 1. The number of aromatic hydroxyl groups is 1. The van der Waals surface area contributed by atoms with Crippen LogP contribution in [0, 0.1) is 0 Å². The molecule has 0 spiro atoms. The Morgan fingerprint density at radius 3 is 2.25 bits per heavy atom. The van der Waals surface area contributed by atoms with Gasteiger partial charge in [0.25, 0.3) is 5.91 Å². The zero-order valence-electron chi connectivity index (χ0n) is 13.5. The Hall–Kier alpha value is -2.34. The summed E-state index contributed by atoms with van der Waals surface area (Å²) in [6, 6.07) is 8.24. The third-order valence-electron chi connectivity index (χ3n) is 4.41. The van der Waals surface area contributed by atoms with Gasteiger partial charge in [0.1, 0.15) is 5.75 Å². The monoisotopic (exact) mass is 344 g/mol. The van der Waals surface area contributed by atoms with Crippen molar-refractivity contribution in [2.24, 2.45) is 0 Å². The maximum atomic E-state index is 12.6. The van der Waals surface area contributed by atoms with Crippen LogP contribution in [0.15, 0.2) is 41.1 Å². The Labute approximate surface area is 145 Å². The Bertz CT molecular complexity index is 704. The van der Waals surface area contributed by atoms with Gasteiger partial charge in [0.15, 0.2) is 0 Å². The summed E-state index contributed by atoms with van der Waals surface area (Å²) >= 11 is 1.59. The molecule has 2 aromatic rings. The molecular formula is C18H20N2O3S. The molecular weight excluding hydrogens is 324 g/mol. The Morgan fingerprint density at radius 1 is 1.04 bits per heavy atom. The number of benzene rings is 1. The smallest absolute Gasteiger partial charge is 0.253 e. The summed E-state index contributed by atoms with van der Waals surface area (Å²) in [5.74, 6) is 0.0538. The molecule has 1 aromatic heterocycles. The number of rotatable bonds is 3. The van der Waals surface area contributed by atoms with Crippen molar-refractivity contribution >= 4 is 23.2 Å². The zero-order valence-corrected chi connectivity index (χ0v) is 14.3. The van der Waals surface area contributed by atoms with Gasteiger partial charge in [-0.15, -0.1) is 0 Å². The van der Waals surface area contributed by atoms with Crippen molar-refractivity contribution in [3.8, 4) is 5.75 Å². The predicted octanol–water partition coefficient (Wildman–Crippen LogP) is 2.54. The first-order chi connectivity index (χ1) is 11.6. The summed E-state index contributed by atoms with van der Waals surface area (Å²) in [4.78, 5) is 28.6. The van der Waals surface area contributed by atoms with Gasteiger partial charge in [-0.1, -0.05) is 0 Å². The van der Waals surface area contributed by atoms with E-state index in [0.29, 0.717) is 31.7 Å². The molecule has 2 heterocycles. The molecule has 24 heavy (non-hydrogen) atoms. The van der Waals surface area contributed by atoms with Crippen LogP contribution in [0.1, 0.15) is 28.8 Å². The second-order valence-corrected chi connectivity index (χ2v) is 6.72. The molecule has 3 rings (SSSR count). The highest BCUT2D eigenvalue weighted by atomic mass is 32.1. The quantitative estimate of drug-likeness (QED) is 0.931. The number of carbonyl (C=O) groups excluding carboxylic acids is 2. The van der Waals surface area contributed by atoms with Crippen LogP contribution in [0.25, 0.3) is 0 Å². The summed E-state index contributed by atoms with van der Waals surface area (Å²) in [6.45, 7) is 4.09. The van der Waals surface area contributed by atoms with Crippen LogP contribution < -0.4 is 0 Å². The first-order valence-electron chi connectivity index (χ1n) is 7.95. The van der Waals surface area contributed by atoms with Crippen molar-refractivity contribution in [3.05, 3.63) is 52.2 Å². The lowest BCUT2D eigenvalue weighted by Gasteiger charge is -2.36. The van der Waals surface area contributed by atoms with Gasteiger partial charge in [0, 0.05) is 31.7 Å². The Morgan fingerprint density at radius 2 is 1.67 bits per heavy atom. The normalized spacial score (nSPS) is 16.0. The minimum absolute atomic E-state index is 0.0621. The van der Waals surface area contributed by atoms with Crippen molar-refractivity contribution in [2.75, 3.05) is 26.2 Å². The van der Waals surface area contributed by atoms with E-state index < -0.39 is 0 Å². The average molecular weight is 344 g/mol. The van der Waals surface area contributed by atoms with Crippen LogP contribution in [-0.2, 0) is 4.79 Å². The Balaban J connectivity index is 1.58. The number of thiophene rings is 1. The summed E-state index contributed by atoms with van der Waals surface area (Å²) < 4.78 is 0. The fourth-order valence-electron chi connectivity index (χ4n) is 2.85. The molecule has 0 aliphatic carbocycles. The SMILES string of the molecule is CC(C(=O)N1CCN(C(=O)c2ccc(O)cc2)CC1)c1ccsc1. The van der Waals surface area contributed by atoms with E-state index in [1.54, 1.807) is 28.4 Å². The standard InChI is InChI=1S/C18H20N2O3S/c1-13(15-6-11-24-12-15)17(22)19-7-9-20(10-8-19)18(23)14-2-4-16(21)5-3-14/h2-6,11-13,21H,7-10H2,1H3. The van der Waals surface area contributed by atoms with Gasteiger partial charge in [-0.3, -0.25) is 9.59 Å². The zero-order chi connectivity index (χ0) is 17.1. The number of carbonyl (C=O) groups is 2. The van der Waals surface area contributed by atoms with Crippen LogP contribution in [0.3, 0.4) is 0 Å². The fraction of sp³-hybridized carbons (Fsp3) is 0.333. The highest BCUT2D eigenvalue weighted by Crippen LogP contribution is 2.21. The molecule has 1 unspecified atom stereocenters. The lowest BCUT2D eigenvalue weighted by molar-refractivity contribution is -0.133. The number of nitrogens with zero attached hydrogens (tertiary/aromatic N) is 2. The lowest BCUT2D eigenvalue weighted by Crippen LogP contribution is -2.51. The van der Waals surface area contributed by atoms with Gasteiger partial charge in [0.2, 0.25) is 5.91 Å². The molecule has 1 fully saturated rings. The molecule has 1 aliphatic heterocycles. The number of amides is 2. The van der Waals surface area contributed by atoms with Gasteiger partial charge in [-0.2, -0.15) is 11.3 Å². The number of hydrogen-bond acceptors (Lipinski definition) is 4. The van der Waals surface area contributed by atoms with Crippen molar-refractivity contribution in [1.82, 2.24) is 9.80 Å².